The van der Waals surface area contributed by atoms with E-state index in [2.05, 4.69) is 19.9 Å². The van der Waals surface area contributed by atoms with Crippen LogP contribution in [0.2, 0.25) is 0 Å². The highest BCUT2D eigenvalue weighted by Crippen LogP contribution is 2.31. The summed E-state index contributed by atoms with van der Waals surface area (Å²) in [6.07, 6.45) is -4.66. The van der Waals surface area contributed by atoms with Crippen molar-refractivity contribution in [3.05, 3.63) is 63.4 Å². The molecule has 0 saturated heterocycles. The predicted octanol–water partition coefficient (Wildman–Crippen LogP) is 2.75. The molecule has 0 aliphatic carbocycles. The maximum atomic E-state index is 13.5. The first-order valence-corrected chi connectivity index (χ1v) is 8.75. The van der Waals surface area contributed by atoms with Gasteiger partial charge in [0, 0.05) is 19.2 Å². The van der Waals surface area contributed by atoms with E-state index in [9.17, 15) is 31.5 Å². The number of benzene rings is 1. The molecular weight excluding hydrogens is 457 g/mol. The van der Waals surface area contributed by atoms with Crippen molar-refractivity contribution in [2.24, 2.45) is 4.99 Å². The van der Waals surface area contributed by atoms with Crippen molar-refractivity contribution in [3.8, 4) is 17.6 Å². The van der Waals surface area contributed by atoms with Crippen LogP contribution in [0.4, 0.5) is 22.0 Å². The van der Waals surface area contributed by atoms with Crippen LogP contribution in [0, 0.1) is 11.3 Å². The van der Waals surface area contributed by atoms with Crippen LogP contribution < -0.4 is 15.0 Å². The summed E-state index contributed by atoms with van der Waals surface area (Å²) >= 11 is 0. The van der Waals surface area contributed by atoms with Crippen molar-refractivity contribution in [1.29, 1.82) is 5.26 Å². The van der Waals surface area contributed by atoms with Crippen molar-refractivity contribution in [2.75, 3.05) is 7.05 Å². The van der Waals surface area contributed by atoms with Crippen LogP contribution in [-0.4, -0.2) is 47.6 Å². The van der Waals surface area contributed by atoms with E-state index in [-0.39, 0.29) is 18.4 Å². The molecule has 1 heterocycles. The zero-order valence-electron chi connectivity index (χ0n) is 16.6. The van der Waals surface area contributed by atoms with E-state index >= 15 is 0 Å². The van der Waals surface area contributed by atoms with Crippen molar-refractivity contribution in [1.82, 2.24) is 15.1 Å². The molecule has 2 rings (SSSR count). The van der Waals surface area contributed by atoms with Crippen LogP contribution in [0.5, 0.6) is 11.5 Å². The number of H-pyrrole nitrogens is 1. The van der Waals surface area contributed by atoms with Gasteiger partial charge >= 0.3 is 12.8 Å². The van der Waals surface area contributed by atoms with Crippen LogP contribution in [-0.2, 0) is 11.3 Å². The molecular formula is C19H14F5N5O4. The number of alkyl halides is 5. The number of carbonyl (C=O) groups is 1. The van der Waals surface area contributed by atoms with Crippen LogP contribution >= 0.6 is 0 Å². The van der Waals surface area contributed by atoms with Gasteiger partial charge in [-0.1, -0.05) is 0 Å². The van der Waals surface area contributed by atoms with Gasteiger partial charge in [0.25, 0.3) is 5.56 Å². The number of hydrogen-bond donors (Lipinski definition) is 1. The van der Waals surface area contributed by atoms with Gasteiger partial charge < -0.3 is 14.4 Å². The van der Waals surface area contributed by atoms with Gasteiger partial charge in [0.2, 0.25) is 0 Å². The molecule has 2 aromatic rings. The number of rotatable bonds is 9. The van der Waals surface area contributed by atoms with E-state index in [4.69, 9.17) is 10.00 Å². The molecule has 1 N–H and O–H groups in total. The minimum atomic E-state index is -5.14. The molecule has 33 heavy (non-hydrogen) atoms. The number of aromatic amines is 1. The third-order valence-electron chi connectivity index (χ3n) is 3.60. The Balaban J connectivity index is 2.36. The highest BCUT2D eigenvalue weighted by atomic mass is 19.4. The summed E-state index contributed by atoms with van der Waals surface area (Å²) < 4.78 is 74.5. The SMILES string of the molecule is CN(/C=N\C(=C(/C=O)Oc1cc(C#N)cc(OC(F)F)c1)C(F)(F)F)Cc1ccc(=O)[nH]n1. The lowest BCUT2D eigenvalue weighted by molar-refractivity contribution is -0.110. The molecule has 0 radical (unpaired) electrons. The molecule has 0 aliphatic heterocycles. The quantitative estimate of drug-likeness (QED) is 0.149. The van der Waals surface area contributed by atoms with E-state index in [1.54, 1.807) is 6.07 Å². The molecule has 0 unspecified atom stereocenters. The molecule has 1 aromatic heterocycles. The average molecular weight is 471 g/mol. The van der Waals surface area contributed by atoms with Crippen LogP contribution in [0.1, 0.15) is 11.3 Å². The number of hydrogen-bond acceptors (Lipinski definition) is 7. The lowest BCUT2D eigenvalue weighted by atomic mass is 10.2. The summed E-state index contributed by atoms with van der Waals surface area (Å²) in [6.45, 7) is -3.31. The molecule has 9 nitrogen and oxygen atoms in total. The molecule has 0 saturated carbocycles. The Morgan fingerprint density at radius 1 is 1.30 bits per heavy atom. The first-order chi connectivity index (χ1) is 15.5. The summed E-state index contributed by atoms with van der Waals surface area (Å²) in [5.74, 6) is -2.38. The standard InChI is InChI=1S/C19H14F5N5O4/c1-29(8-12-2-3-16(31)28-27-12)10-26-17(19(22,23)24)15(9-30)32-13-4-11(7-25)5-14(6-13)33-18(20)21/h2-6,9-10,18H,8H2,1H3,(H,28,31)/b17-15+,26-10-. The zero-order chi connectivity index (χ0) is 24.6. The van der Waals surface area contributed by atoms with Gasteiger partial charge in [0.1, 0.15) is 11.5 Å². The topological polar surface area (TPSA) is 121 Å². The van der Waals surface area contributed by atoms with Crippen molar-refractivity contribution >= 4 is 12.6 Å². The highest BCUT2D eigenvalue weighted by Gasteiger charge is 2.38. The Labute approximate surface area is 182 Å². The molecule has 0 amide bonds. The normalized spacial score (nSPS) is 12.3. The monoisotopic (exact) mass is 471 g/mol. The smallest absolute Gasteiger partial charge is 0.437 e. The van der Waals surface area contributed by atoms with E-state index in [0.29, 0.717) is 5.69 Å². The Hall–Kier alpha value is -4.28. The van der Waals surface area contributed by atoms with Crippen LogP contribution in [0.3, 0.4) is 0 Å². The first-order valence-electron chi connectivity index (χ1n) is 8.75. The Kier molecular flexibility index (Phi) is 8.21. The highest BCUT2D eigenvalue weighted by molar-refractivity contribution is 5.74. The third kappa shape index (κ3) is 7.73. The zero-order valence-corrected chi connectivity index (χ0v) is 16.6. The summed E-state index contributed by atoms with van der Waals surface area (Å²) in [5, 5.41) is 14.8. The van der Waals surface area contributed by atoms with E-state index < -0.39 is 41.3 Å². The molecule has 0 aliphatic rings. The first kappa shape index (κ1) is 25.0. The fourth-order valence-corrected chi connectivity index (χ4v) is 2.31. The van der Waals surface area contributed by atoms with E-state index in [1.165, 1.54) is 24.1 Å². The second-order valence-corrected chi connectivity index (χ2v) is 6.19. The van der Waals surface area contributed by atoms with Crippen molar-refractivity contribution in [3.63, 3.8) is 0 Å². The minimum absolute atomic E-state index is 0.0404. The number of ether oxygens (including phenoxy) is 2. The number of nitriles is 1. The summed E-state index contributed by atoms with van der Waals surface area (Å²) in [6, 6.07) is 6.74. The van der Waals surface area contributed by atoms with Gasteiger partial charge in [-0.3, -0.25) is 9.59 Å². The number of halogens is 5. The molecule has 174 valence electrons. The van der Waals surface area contributed by atoms with Crippen molar-refractivity contribution < 1.29 is 36.2 Å². The van der Waals surface area contributed by atoms with Gasteiger partial charge in [-0.15, -0.1) is 0 Å². The number of allylic oxidation sites excluding steroid dienone is 2. The molecule has 0 fully saturated rings. The van der Waals surface area contributed by atoms with E-state index in [1.807, 2.05) is 0 Å². The second-order valence-electron chi connectivity index (χ2n) is 6.19. The van der Waals surface area contributed by atoms with Crippen LogP contribution in [0.15, 0.2) is 51.6 Å². The van der Waals surface area contributed by atoms with Gasteiger partial charge in [-0.05, 0) is 18.2 Å². The lowest BCUT2D eigenvalue weighted by Gasteiger charge is -2.15. The average Bonchev–Trinajstić information content (AvgIpc) is 2.73. The number of nitrogens with zero attached hydrogens (tertiary/aromatic N) is 4. The van der Waals surface area contributed by atoms with Gasteiger partial charge in [0.05, 0.1) is 30.2 Å². The maximum Gasteiger partial charge on any atom is 0.437 e. The van der Waals surface area contributed by atoms with Gasteiger partial charge in [-0.2, -0.15) is 32.3 Å². The second kappa shape index (κ2) is 10.8. The molecule has 0 bridgehead atoms. The van der Waals surface area contributed by atoms with Gasteiger partial charge in [-0.25, -0.2) is 10.1 Å². The Morgan fingerprint density at radius 3 is 2.55 bits per heavy atom. The number of aldehydes is 1. The Morgan fingerprint density at radius 2 is 2.00 bits per heavy atom. The summed E-state index contributed by atoms with van der Waals surface area (Å²) in [5.41, 5.74) is -2.14. The summed E-state index contributed by atoms with van der Waals surface area (Å²) in [4.78, 5) is 26.8. The lowest BCUT2D eigenvalue weighted by Crippen LogP contribution is -2.21. The van der Waals surface area contributed by atoms with Crippen molar-refractivity contribution in [2.45, 2.75) is 19.3 Å². The number of carbonyl (C=O) groups excluding carboxylic acids is 1. The molecule has 0 atom stereocenters. The maximum absolute atomic E-state index is 13.5. The number of aliphatic imine (C=N–C) groups is 1. The van der Waals surface area contributed by atoms with Gasteiger partial charge in [0.15, 0.2) is 17.7 Å². The number of nitrogens with one attached hydrogen (secondary N) is 1. The fourth-order valence-electron chi connectivity index (χ4n) is 2.31. The molecule has 1 aromatic carbocycles. The predicted molar refractivity (Wildman–Crippen MR) is 102 cm³/mol. The van der Waals surface area contributed by atoms with Crippen LogP contribution in [0.25, 0.3) is 0 Å². The third-order valence-corrected chi connectivity index (χ3v) is 3.60. The summed E-state index contributed by atoms with van der Waals surface area (Å²) in [7, 11) is 1.36. The Bertz CT molecular complexity index is 1130. The van der Waals surface area contributed by atoms with E-state index in [0.717, 1.165) is 24.5 Å². The fraction of sp³-hybridized carbons (Fsp3) is 0.211. The number of aromatic nitrogens is 2. The molecule has 0 spiro atoms. The largest absolute Gasteiger partial charge is 0.451 e. The molecule has 14 heteroatoms. The minimum Gasteiger partial charge on any atom is -0.451 e.